The quantitative estimate of drug-likeness (QED) is 0.828. The molecule has 2 rings (SSSR count). The van der Waals surface area contributed by atoms with Crippen molar-refractivity contribution in [2.75, 3.05) is 5.75 Å². The Kier molecular flexibility index (Phi) is 5.05. The molecule has 92 valence electrons. The molecule has 6 heteroatoms. The minimum Gasteiger partial charge on any atom is -0.269 e. The Labute approximate surface area is 109 Å². The Morgan fingerprint density at radius 2 is 2.12 bits per heavy atom. The second-order valence-electron chi connectivity index (χ2n) is 4.08. The number of aliphatic imine (C=N–C) groups is 1. The molecule has 0 radical (unpaired) electrons. The van der Waals surface area contributed by atoms with Crippen LogP contribution in [0.2, 0.25) is 0 Å². The Morgan fingerprint density at radius 1 is 1.47 bits per heavy atom. The van der Waals surface area contributed by atoms with E-state index in [0.29, 0.717) is 0 Å². The van der Waals surface area contributed by atoms with Gasteiger partial charge in [-0.15, -0.1) is 23.1 Å². The second-order valence-corrected chi connectivity index (χ2v) is 5.99. The maximum absolute atomic E-state index is 8.12. The third-order valence-electron chi connectivity index (χ3n) is 2.04. The van der Waals surface area contributed by atoms with Crippen LogP contribution < -0.4 is 0 Å². The molecule has 0 fully saturated rings. The summed E-state index contributed by atoms with van der Waals surface area (Å²) in [6.45, 7) is 6.47. The van der Waals surface area contributed by atoms with Gasteiger partial charge in [0.15, 0.2) is 0 Å². The number of aryl methyl sites for hydroxylation is 1. The van der Waals surface area contributed by atoms with Gasteiger partial charge in [-0.3, -0.25) is 4.99 Å². The summed E-state index contributed by atoms with van der Waals surface area (Å²) in [5.74, 6) is 1.07. The molecule has 0 unspecified atom stereocenters. The highest BCUT2D eigenvalue weighted by Gasteiger charge is 2.26. The van der Waals surface area contributed by atoms with Crippen LogP contribution in [-0.4, -0.2) is 27.5 Å². The van der Waals surface area contributed by atoms with Gasteiger partial charge in [-0.1, -0.05) is 6.92 Å². The van der Waals surface area contributed by atoms with E-state index in [1.54, 1.807) is 11.3 Å². The Morgan fingerprint density at radius 3 is 2.53 bits per heavy atom. The first-order valence-corrected chi connectivity index (χ1v) is 7.05. The van der Waals surface area contributed by atoms with Crippen molar-refractivity contribution in [3.63, 3.8) is 0 Å². The van der Waals surface area contributed by atoms with Gasteiger partial charge >= 0.3 is 6.15 Å². The molecule has 0 bridgehead atoms. The first kappa shape index (κ1) is 14.1. The van der Waals surface area contributed by atoms with E-state index in [1.807, 2.05) is 11.8 Å². The SMILES string of the molecule is CCc1nc(C2=NC(C)(C)CS2)cs1.O=C=O. The lowest BCUT2D eigenvalue weighted by atomic mass is 10.1. The lowest BCUT2D eigenvalue weighted by Gasteiger charge is -2.09. The number of thiazole rings is 1. The summed E-state index contributed by atoms with van der Waals surface area (Å²) in [7, 11) is 0. The van der Waals surface area contributed by atoms with Crippen molar-refractivity contribution in [3.05, 3.63) is 16.1 Å². The van der Waals surface area contributed by atoms with Crippen LogP contribution in [-0.2, 0) is 16.0 Å². The fourth-order valence-electron chi connectivity index (χ4n) is 1.29. The van der Waals surface area contributed by atoms with Crippen LogP contribution in [0.3, 0.4) is 0 Å². The lowest BCUT2D eigenvalue weighted by Crippen LogP contribution is -2.15. The predicted octanol–water partition coefficient (Wildman–Crippen LogP) is 2.39. The molecule has 17 heavy (non-hydrogen) atoms. The van der Waals surface area contributed by atoms with Crippen molar-refractivity contribution >= 4 is 34.3 Å². The van der Waals surface area contributed by atoms with Gasteiger partial charge in [0.1, 0.15) is 10.7 Å². The van der Waals surface area contributed by atoms with Crippen LogP contribution in [0.5, 0.6) is 0 Å². The molecule has 1 aromatic heterocycles. The van der Waals surface area contributed by atoms with Crippen molar-refractivity contribution in [2.24, 2.45) is 4.99 Å². The summed E-state index contributed by atoms with van der Waals surface area (Å²) in [6, 6.07) is 0. The van der Waals surface area contributed by atoms with E-state index in [9.17, 15) is 0 Å². The zero-order valence-corrected chi connectivity index (χ0v) is 11.7. The molecule has 1 aromatic rings. The maximum Gasteiger partial charge on any atom is 0.373 e. The van der Waals surface area contributed by atoms with Crippen molar-refractivity contribution in [3.8, 4) is 0 Å². The summed E-state index contributed by atoms with van der Waals surface area (Å²) in [4.78, 5) is 25.5. The Hall–Kier alpha value is -0.970. The number of nitrogens with zero attached hydrogens (tertiary/aromatic N) is 2. The summed E-state index contributed by atoms with van der Waals surface area (Å²) in [5, 5.41) is 4.44. The summed E-state index contributed by atoms with van der Waals surface area (Å²) >= 11 is 3.55. The fraction of sp³-hybridized carbons (Fsp3) is 0.545. The number of thioether (sulfide) groups is 1. The summed E-state index contributed by atoms with van der Waals surface area (Å²) < 4.78 is 0. The van der Waals surface area contributed by atoms with Gasteiger partial charge in [-0.25, -0.2) is 4.98 Å². The molecule has 0 aliphatic carbocycles. The maximum atomic E-state index is 8.12. The van der Waals surface area contributed by atoms with Crippen LogP contribution >= 0.6 is 23.1 Å². The molecule has 2 heterocycles. The van der Waals surface area contributed by atoms with E-state index in [2.05, 4.69) is 36.1 Å². The Bertz CT molecular complexity index is 446. The number of rotatable bonds is 2. The number of hydrogen-bond donors (Lipinski definition) is 0. The largest absolute Gasteiger partial charge is 0.373 e. The first-order chi connectivity index (χ1) is 8.02. The third-order valence-corrected chi connectivity index (χ3v) is 4.46. The van der Waals surface area contributed by atoms with E-state index in [-0.39, 0.29) is 11.7 Å². The van der Waals surface area contributed by atoms with Gasteiger partial charge in [0.25, 0.3) is 0 Å². The molecule has 4 nitrogen and oxygen atoms in total. The molecule has 0 spiro atoms. The van der Waals surface area contributed by atoms with Gasteiger partial charge in [0.2, 0.25) is 0 Å². The minimum atomic E-state index is 0.0932. The normalized spacial score (nSPS) is 16.8. The van der Waals surface area contributed by atoms with Gasteiger partial charge in [-0.2, -0.15) is 9.59 Å². The molecular formula is C11H14N2O2S2. The monoisotopic (exact) mass is 270 g/mol. The number of hydrogen-bond acceptors (Lipinski definition) is 6. The van der Waals surface area contributed by atoms with E-state index >= 15 is 0 Å². The predicted molar refractivity (Wildman–Crippen MR) is 69.6 cm³/mol. The summed E-state index contributed by atoms with van der Waals surface area (Å²) in [6.07, 6.45) is 1.27. The van der Waals surface area contributed by atoms with Crippen molar-refractivity contribution in [1.82, 2.24) is 4.98 Å². The van der Waals surface area contributed by atoms with Crippen LogP contribution in [0.1, 0.15) is 31.5 Å². The van der Waals surface area contributed by atoms with Crippen molar-refractivity contribution in [1.29, 1.82) is 0 Å². The van der Waals surface area contributed by atoms with Gasteiger partial charge < -0.3 is 0 Å². The second kappa shape index (κ2) is 6.10. The van der Waals surface area contributed by atoms with E-state index < -0.39 is 0 Å². The van der Waals surface area contributed by atoms with Crippen LogP contribution in [0.4, 0.5) is 0 Å². The zero-order valence-electron chi connectivity index (χ0n) is 10.0. The topological polar surface area (TPSA) is 59.4 Å². The fourth-order valence-corrected chi connectivity index (χ4v) is 3.21. The molecule has 0 aromatic carbocycles. The molecule has 0 atom stereocenters. The molecule has 0 N–H and O–H groups in total. The van der Waals surface area contributed by atoms with Crippen LogP contribution in [0.15, 0.2) is 10.4 Å². The van der Waals surface area contributed by atoms with Gasteiger partial charge in [0.05, 0.1) is 10.5 Å². The lowest BCUT2D eigenvalue weighted by molar-refractivity contribution is -0.191. The highest BCUT2D eigenvalue weighted by molar-refractivity contribution is 8.14. The zero-order chi connectivity index (χ0) is 12.9. The van der Waals surface area contributed by atoms with E-state index in [1.165, 1.54) is 5.01 Å². The molecule has 1 aliphatic heterocycles. The molecule has 0 amide bonds. The molecule has 0 saturated heterocycles. The average Bonchev–Trinajstić information content (AvgIpc) is 2.85. The highest BCUT2D eigenvalue weighted by atomic mass is 32.2. The highest BCUT2D eigenvalue weighted by Crippen LogP contribution is 2.30. The third kappa shape index (κ3) is 4.07. The van der Waals surface area contributed by atoms with E-state index in [0.717, 1.165) is 22.9 Å². The molecule has 1 aliphatic rings. The molecular weight excluding hydrogens is 256 g/mol. The van der Waals surface area contributed by atoms with Crippen LogP contribution in [0.25, 0.3) is 0 Å². The average molecular weight is 270 g/mol. The Balaban J connectivity index is 0.000000437. The van der Waals surface area contributed by atoms with Crippen LogP contribution in [0, 0.1) is 0 Å². The van der Waals surface area contributed by atoms with E-state index in [4.69, 9.17) is 9.59 Å². The number of aromatic nitrogens is 1. The summed E-state index contributed by atoms with van der Waals surface area (Å²) in [5.41, 5.74) is 1.16. The standard InChI is InChI=1S/C10H14N2S2.CO2/c1-4-8-11-7(5-13-8)9-12-10(2,3)6-14-9;2-1-3/h5H,4,6H2,1-3H3;. The van der Waals surface area contributed by atoms with Gasteiger partial charge in [0, 0.05) is 11.1 Å². The molecule has 0 saturated carbocycles. The van der Waals surface area contributed by atoms with Gasteiger partial charge in [-0.05, 0) is 20.3 Å². The minimum absolute atomic E-state index is 0.0932. The first-order valence-electron chi connectivity index (χ1n) is 5.19. The van der Waals surface area contributed by atoms with Crippen molar-refractivity contribution < 1.29 is 9.59 Å². The number of carbonyl (C=O) groups excluding carboxylic acids is 2. The smallest absolute Gasteiger partial charge is 0.269 e. The van der Waals surface area contributed by atoms with Crippen molar-refractivity contribution in [2.45, 2.75) is 32.7 Å².